The fourth-order valence-corrected chi connectivity index (χ4v) is 2.14. The molecule has 0 amide bonds. The molecule has 96 valence electrons. The summed E-state index contributed by atoms with van der Waals surface area (Å²) >= 11 is 3.29. The quantitative estimate of drug-likeness (QED) is 0.946. The zero-order chi connectivity index (χ0) is 13.3. The molecule has 18 heavy (non-hydrogen) atoms. The summed E-state index contributed by atoms with van der Waals surface area (Å²) in [5.41, 5.74) is 1.45. The third kappa shape index (κ3) is 2.56. The third-order valence-electron chi connectivity index (χ3n) is 2.65. The van der Waals surface area contributed by atoms with Gasteiger partial charge in [-0.15, -0.1) is 0 Å². The lowest BCUT2D eigenvalue weighted by atomic mass is 10.1. The van der Waals surface area contributed by atoms with Crippen molar-refractivity contribution < 1.29 is 4.42 Å². The lowest BCUT2D eigenvalue weighted by Crippen LogP contribution is -2.15. The van der Waals surface area contributed by atoms with Crippen LogP contribution in [0, 0.1) is 12.8 Å². The van der Waals surface area contributed by atoms with Gasteiger partial charge >= 0.3 is 0 Å². The van der Waals surface area contributed by atoms with Crippen molar-refractivity contribution in [3.8, 4) is 11.4 Å². The van der Waals surface area contributed by atoms with Gasteiger partial charge in [0.2, 0.25) is 0 Å². The molecule has 0 atom stereocenters. The van der Waals surface area contributed by atoms with Gasteiger partial charge in [0.15, 0.2) is 0 Å². The van der Waals surface area contributed by atoms with Crippen LogP contribution < -0.4 is 5.56 Å². The number of aryl methyl sites for hydroxylation is 1. The van der Waals surface area contributed by atoms with E-state index >= 15 is 0 Å². The summed E-state index contributed by atoms with van der Waals surface area (Å²) in [6.07, 6.45) is 2.35. The predicted octanol–water partition coefficient (Wildman–Crippen LogP) is 3.30. The van der Waals surface area contributed by atoms with Crippen molar-refractivity contribution in [1.29, 1.82) is 0 Å². The van der Waals surface area contributed by atoms with Crippen LogP contribution in [-0.2, 0) is 6.42 Å². The molecule has 0 aliphatic heterocycles. The Balaban J connectivity index is 2.54. The topological polar surface area (TPSA) is 58.9 Å². The van der Waals surface area contributed by atoms with E-state index in [0.717, 1.165) is 23.4 Å². The monoisotopic (exact) mass is 310 g/mol. The van der Waals surface area contributed by atoms with E-state index in [-0.39, 0.29) is 5.56 Å². The molecule has 2 aromatic heterocycles. The minimum Gasteiger partial charge on any atom is -0.469 e. The van der Waals surface area contributed by atoms with Crippen LogP contribution in [-0.4, -0.2) is 9.97 Å². The van der Waals surface area contributed by atoms with E-state index in [1.165, 1.54) is 0 Å². The van der Waals surface area contributed by atoms with Crippen molar-refractivity contribution >= 4 is 15.9 Å². The highest BCUT2D eigenvalue weighted by Crippen LogP contribution is 2.22. The van der Waals surface area contributed by atoms with Crippen molar-refractivity contribution in [2.45, 2.75) is 27.2 Å². The van der Waals surface area contributed by atoms with E-state index in [2.05, 4.69) is 39.7 Å². The van der Waals surface area contributed by atoms with Gasteiger partial charge in [0.05, 0.1) is 17.5 Å². The Labute approximate surface area is 114 Å². The van der Waals surface area contributed by atoms with Crippen molar-refractivity contribution in [1.82, 2.24) is 9.97 Å². The summed E-state index contributed by atoms with van der Waals surface area (Å²) in [6.45, 7) is 6.04. The number of furan rings is 1. The minimum atomic E-state index is -0.156. The molecule has 0 aromatic carbocycles. The average Bonchev–Trinajstić information content (AvgIpc) is 2.70. The maximum absolute atomic E-state index is 11.9. The lowest BCUT2D eigenvalue weighted by Gasteiger charge is -2.08. The minimum absolute atomic E-state index is 0.156. The van der Waals surface area contributed by atoms with Crippen molar-refractivity contribution in [3.05, 3.63) is 38.6 Å². The van der Waals surface area contributed by atoms with Gasteiger partial charge in [0.25, 0.3) is 5.56 Å². The molecule has 4 nitrogen and oxygen atoms in total. The number of hydrogen-bond donors (Lipinski definition) is 1. The Bertz CT molecular complexity index is 614. The number of nitrogens with zero attached hydrogens (tertiary/aromatic N) is 1. The largest absolute Gasteiger partial charge is 0.469 e. The molecule has 2 rings (SSSR count). The number of aromatic nitrogens is 2. The van der Waals surface area contributed by atoms with E-state index in [9.17, 15) is 4.79 Å². The van der Waals surface area contributed by atoms with E-state index < -0.39 is 0 Å². The van der Waals surface area contributed by atoms with Crippen LogP contribution in [0.4, 0.5) is 0 Å². The molecule has 2 heterocycles. The van der Waals surface area contributed by atoms with E-state index in [1.54, 1.807) is 12.3 Å². The Hall–Kier alpha value is -1.36. The Morgan fingerprint density at radius 3 is 2.78 bits per heavy atom. The number of nitrogens with one attached hydrogen (secondary N) is 1. The normalized spacial score (nSPS) is 11.2. The number of hydrogen-bond acceptors (Lipinski definition) is 3. The van der Waals surface area contributed by atoms with Gasteiger partial charge < -0.3 is 9.40 Å². The summed E-state index contributed by atoms with van der Waals surface area (Å²) < 4.78 is 5.75. The van der Waals surface area contributed by atoms with Crippen LogP contribution in [0.2, 0.25) is 0 Å². The Morgan fingerprint density at radius 2 is 2.22 bits per heavy atom. The average molecular weight is 311 g/mol. The summed E-state index contributed by atoms with van der Waals surface area (Å²) in [5.74, 6) is 1.75. The Morgan fingerprint density at radius 1 is 1.50 bits per heavy atom. The fourth-order valence-electron chi connectivity index (χ4n) is 1.79. The first-order valence-corrected chi connectivity index (χ1v) is 6.61. The molecule has 0 saturated carbocycles. The summed E-state index contributed by atoms with van der Waals surface area (Å²) in [6, 6.07) is 1.81. The molecular formula is C13H15BrN2O2. The lowest BCUT2D eigenvalue weighted by molar-refractivity contribution is 0.535. The van der Waals surface area contributed by atoms with E-state index in [1.807, 2.05) is 6.92 Å². The molecule has 2 aromatic rings. The van der Waals surface area contributed by atoms with Crippen LogP contribution in [0.1, 0.15) is 25.3 Å². The number of H-pyrrole nitrogens is 1. The van der Waals surface area contributed by atoms with Crippen LogP contribution in [0.15, 0.2) is 26.0 Å². The van der Waals surface area contributed by atoms with Crippen molar-refractivity contribution in [2.24, 2.45) is 5.92 Å². The second kappa shape index (κ2) is 5.10. The van der Waals surface area contributed by atoms with Gasteiger partial charge in [-0.3, -0.25) is 4.79 Å². The van der Waals surface area contributed by atoms with Gasteiger partial charge in [-0.2, -0.15) is 0 Å². The maximum Gasteiger partial charge on any atom is 0.265 e. The number of aromatic amines is 1. The first-order valence-electron chi connectivity index (χ1n) is 5.82. The fraction of sp³-hybridized carbons (Fsp3) is 0.385. The third-order valence-corrected chi connectivity index (χ3v) is 3.46. The summed E-state index contributed by atoms with van der Waals surface area (Å²) in [7, 11) is 0. The molecule has 1 N–H and O–H groups in total. The zero-order valence-electron chi connectivity index (χ0n) is 10.6. The van der Waals surface area contributed by atoms with Crippen LogP contribution in [0.5, 0.6) is 0 Å². The first-order chi connectivity index (χ1) is 8.49. The summed E-state index contributed by atoms with van der Waals surface area (Å²) in [4.78, 5) is 19.1. The van der Waals surface area contributed by atoms with Gasteiger partial charge in [-0.05, 0) is 41.3 Å². The highest BCUT2D eigenvalue weighted by Gasteiger charge is 2.13. The van der Waals surface area contributed by atoms with Crippen molar-refractivity contribution in [2.75, 3.05) is 0 Å². The molecular weight excluding hydrogens is 296 g/mol. The second-order valence-corrected chi connectivity index (χ2v) is 5.46. The van der Waals surface area contributed by atoms with Gasteiger partial charge in [0, 0.05) is 0 Å². The van der Waals surface area contributed by atoms with Gasteiger partial charge in [-0.1, -0.05) is 13.8 Å². The molecule has 5 heteroatoms. The van der Waals surface area contributed by atoms with Gasteiger partial charge in [-0.25, -0.2) is 4.98 Å². The second-order valence-electron chi connectivity index (χ2n) is 4.66. The number of halogens is 1. The highest BCUT2D eigenvalue weighted by molar-refractivity contribution is 9.10. The molecule has 0 saturated heterocycles. The highest BCUT2D eigenvalue weighted by atomic mass is 79.9. The molecule has 0 aliphatic rings. The molecule has 0 unspecified atom stereocenters. The molecule has 0 aliphatic carbocycles. The standard InChI is InChI=1S/C13H15BrN2O2/c1-7(2)6-10-11(14)13(17)16-12(15-10)9-4-5-18-8(9)3/h4-5,7H,6H2,1-3H3,(H,15,16,17). The number of rotatable bonds is 3. The molecule has 0 bridgehead atoms. The van der Waals surface area contributed by atoms with Crippen molar-refractivity contribution in [3.63, 3.8) is 0 Å². The Kier molecular flexibility index (Phi) is 3.71. The SMILES string of the molecule is Cc1occc1-c1nc(CC(C)C)c(Br)c(=O)[nH]1. The summed E-state index contributed by atoms with van der Waals surface area (Å²) in [5, 5.41) is 0. The molecule has 0 radical (unpaired) electrons. The van der Waals surface area contributed by atoms with Crippen LogP contribution >= 0.6 is 15.9 Å². The molecule has 0 fully saturated rings. The van der Waals surface area contributed by atoms with Gasteiger partial charge in [0.1, 0.15) is 16.1 Å². The van der Waals surface area contributed by atoms with Crippen LogP contribution in [0.3, 0.4) is 0 Å². The van der Waals surface area contributed by atoms with E-state index in [4.69, 9.17) is 4.42 Å². The van der Waals surface area contributed by atoms with Crippen LogP contribution in [0.25, 0.3) is 11.4 Å². The predicted molar refractivity (Wildman–Crippen MR) is 73.5 cm³/mol. The van der Waals surface area contributed by atoms with E-state index in [0.29, 0.717) is 16.2 Å². The zero-order valence-corrected chi connectivity index (χ0v) is 12.2. The first kappa shape index (κ1) is 13.1. The maximum atomic E-state index is 11.9. The molecule has 0 spiro atoms. The smallest absolute Gasteiger partial charge is 0.265 e.